The zero-order valence-electron chi connectivity index (χ0n) is 13.5. The molecule has 0 spiro atoms. The summed E-state index contributed by atoms with van der Waals surface area (Å²) in [7, 11) is 0. The van der Waals surface area contributed by atoms with Crippen molar-refractivity contribution in [2.75, 3.05) is 5.75 Å². The molecule has 1 heterocycles. The van der Waals surface area contributed by atoms with E-state index in [2.05, 4.69) is 68.1 Å². The minimum absolute atomic E-state index is 0. The van der Waals surface area contributed by atoms with Crippen molar-refractivity contribution in [2.45, 2.75) is 31.1 Å². The van der Waals surface area contributed by atoms with Crippen molar-refractivity contribution < 1.29 is 16.6 Å². The molecule has 122 valence electrons. The van der Waals surface area contributed by atoms with Crippen molar-refractivity contribution in [2.24, 2.45) is 0 Å². The number of benzene rings is 2. The maximum absolute atomic E-state index is 6.24. The van der Waals surface area contributed by atoms with Gasteiger partial charge in [-0.1, -0.05) is 61.2 Å². The van der Waals surface area contributed by atoms with Crippen LogP contribution in [-0.4, -0.2) is 11.0 Å². The molecule has 3 rings (SSSR count). The van der Waals surface area contributed by atoms with E-state index in [9.17, 15) is 0 Å². The fourth-order valence-corrected chi connectivity index (χ4v) is 5.28. The van der Waals surface area contributed by atoms with Crippen LogP contribution in [0.3, 0.4) is 0 Å². The van der Waals surface area contributed by atoms with E-state index < -0.39 is 0 Å². The summed E-state index contributed by atoms with van der Waals surface area (Å²) in [6, 6.07) is 19.2. The van der Waals surface area contributed by atoms with Crippen LogP contribution in [0, 0.1) is 6.92 Å². The lowest BCUT2D eigenvalue weighted by Crippen LogP contribution is -3.00. The minimum atomic E-state index is -0.0225. The lowest BCUT2D eigenvalue weighted by atomic mass is 9.93. The van der Waals surface area contributed by atoms with E-state index in [1.165, 1.54) is 16.7 Å². The van der Waals surface area contributed by atoms with Crippen LogP contribution in [0.5, 0.6) is 0 Å². The third kappa shape index (κ3) is 4.41. The Bertz CT molecular complexity index is 629. The second-order valence-corrected chi connectivity index (χ2v) is 7.79. The highest BCUT2D eigenvalue weighted by molar-refractivity contribution is 7.93. The molecule has 23 heavy (non-hydrogen) atoms. The molecular weight excluding hydrogens is 324 g/mol. The van der Waals surface area contributed by atoms with Crippen molar-refractivity contribution >= 4 is 11.2 Å². The van der Waals surface area contributed by atoms with Gasteiger partial charge in [0.05, 0.1) is 0 Å². The third-order valence-electron chi connectivity index (χ3n) is 4.33. The Kier molecular flexibility index (Phi) is 6.76. The smallest absolute Gasteiger partial charge is 0.169 e. The topological polar surface area (TPSA) is 9.23 Å². The van der Waals surface area contributed by atoms with E-state index in [-0.39, 0.29) is 23.6 Å². The predicted octanol–water partition coefficient (Wildman–Crippen LogP) is 1.79. The fourth-order valence-electron chi connectivity index (χ4n) is 3.10. The van der Waals surface area contributed by atoms with Crippen LogP contribution in [0.2, 0.25) is 0 Å². The van der Waals surface area contributed by atoms with Crippen LogP contribution in [0.4, 0.5) is 0 Å². The maximum atomic E-state index is 6.24. The van der Waals surface area contributed by atoms with Crippen LogP contribution in [0.1, 0.15) is 29.0 Å². The maximum Gasteiger partial charge on any atom is 0.169 e. The second kappa shape index (κ2) is 8.58. The second-order valence-electron chi connectivity index (χ2n) is 5.86. The average Bonchev–Trinajstić information content (AvgIpc) is 2.97. The van der Waals surface area contributed by atoms with E-state index >= 15 is 0 Å². The molecule has 1 saturated heterocycles. The van der Waals surface area contributed by atoms with Crippen molar-refractivity contribution in [1.82, 2.24) is 0 Å². The van der Waals surface area contributed by atoms with Crippen LogP contribution >= 0.6 is 0 Å². The molecule has 3 unspecified atom stereocenters. The third-order valence-corrected chi connectivity index (χ3v) is 6.54. The normalized spacial score (nSPS) is 23.3. The van der Waals surface area contributed by atoms with Gasteiger partial charge in [0.15, 0.2) is 16.4 Å². The fraction of sp³-hybridized carbons (Fsp3) is 0.300. The summed E-state index contributed by atoms with van der Waals surface area (Å²) in [5, 5.41) is 0.480. The highest BCUT2D eigenvalue weighted by Gasteiger charge is 2.44. The van der Waals surface area contributed by atoms with E-state index in [0.717, 1.165) is 12.2 Å². The zero-order chi connectivity index (χ0) is 15.4. The Morgan fingerprint density at radius 1 is 1.13 bits per heavy atom. The summed E-state index contributed by atoms with van der Waals surface area (Å²) in [5.41, 5.74) is 4.12. The molecule has 0 aromatic heterocycles. The summed E-state index contributed by atoms with van der Waals surface area (Å²) in [4.78, 5) is 0. The first kappa shape index (κ1) is 18.1. The SMILES string of the molecule is C=CC1CC(c2ccccc2C)C[S+]1OCc1ccccc1.[Cl-]. The molecule has 0 saturated carbocycles. The monoisotopic (exact) mass is 346 g/mol. The lowest BCUT2D eigenvalue weighted by molar-refractivity contribution is -0.00000497. The number of rotatable bonds is 5. The van der Waals surface area contributed by atoms with Gasteiger partial charge in [-0.05, 0) is 29.7 Å². The van der Waals surface area contributed by atoms with E-state index in [0.29, 0.717) is 17.8 Å². The van der Waals surface area contributed by atoms with Gasteiger partial charge in [0.2, 0.25) is 0 Å². The van der Waals surface area contributed by atoms with E-state index in [1.54, 1.807) is 0 Å². The van der Waals surface area contributed by atoms with Gasteiger partial charge in [0, 0.05) is 12.3 Å². The van der Waals surface area contributed by atoms with Crippen LogP contribution < -0.4 is 12.4 Å². The Labute approximate surface area is 148 Å². The largest absolute Gasteiger partial charge is 1.00 e. The van der Waals surface area contributed by atoms with Crippen LogP contribution in [-0.2, 0) is 22.0 Å². The van der Waals surface area contributed by atoms with Gasteiger partial charge in [-0.2, -0.15) is 4.18 Å². The molecule has 3 atom stereocenters. The van der Waals surface area contributed by atoms with Gasteiger partial charge >= 0.3 is 0 Å². The first-order valence-electron chi connectivity index (χ1n) is 7.83. The zero-order valence-corrected chi connectivity index (χ0v) is 15.0. The van der Waals surface area contributed by atoms with Gasteiger partial charge in [0.1, 0.15) is 12.4 Å². The van der Waals surface area contributed by atoms with Crippen LogP contribution in [0.25, 0.3) is 0 Å². The molecule has 2 aromatic carbocycles. The Balaban J connectivity index is 0.00000192. The first-order chi connectivity index (χ1) is 10.8. The molecule has 2 aromatic rings. The molecule has 1 nitrogen and oxygen atoms in total. The van der Waals surface area contributed by atoms with Gasteiger partial charge in [0.25, 0.3) is 0 Å². The summed E-state index contributed by atoms with van der Waals surface area (Å²) in [6.07, 6.45) is 3.25. The molecular formula is C20H23ClOS. The molecule has 1 aliphatic rings. The highest BCUT2D eigenvalue weighted by Crippen LogP contribution is 2.37. The van der Waals surface area contributed by atoms with Crippen molar-refractivity contribution in [3.8, 4) is 0 Å². The highest BCUT2D eigenvalue weighted by atomic mass is 35.5. The van der Waals surface area contributed by atoms with Gasteiger partial charge < -0.3 is 12.4 Å². The molecule has 1 fully saturated rings. The number of hydrogen-bond acceptors (Lipinski definition) is 1. The predicted molar refractivity (Wildman–Crippen MR) is 96.0 cm³/mol. The number of halogens is 1. The minimum Gasteiger partial charge on any atom is -1.00 e. The van der Waals surface area contributed by atoms with Crippen molar-refractivity contribution in [3.63, 3.8) is 0 Å². The van der Waals surface area contributed by atoms with Crippen molar-refractivity contribution in [1.29, 1.82) is 0 Å². The molecule has 1 aliphatic heterocycles. The van der Waals surface area contributed by atoms with E-state index in [1.807, 2.05) is 6.07 Å². The first-order valence-corrected chi connectivity index (χ1v) is 9.21. The van der Waals surface area contributed by atoms with Crippen molar-refractivity contribution in [3.05, 3.63) is 83.9 Å². The molecule has 0 N–H and O–H groups in total. The molecule has 0 amide bonds. The number of aryl methyl sites for hydroxylation is 1. The standard InChI is InChI=1S/C20H23OS.ClH/c1-3-19-13-18(20-12-8-7-9-16(20)2)15-22(19)21-14-17-10-5-4-6-11-17;/h3-12,18-19H,1,13-15H2,2H3;1H/q+1;/p-1. The Morgan fingerprint density at radius 2 is 1.83 bits per heavy atom. The molecule has 0 radical (unpaired) electrons. The van der Waals surface area contributed by atoms with Gasteiger partial charge in [-0.3, -0.25) is 0 Å². The summed E-state index contributed by atoms with van der Waals surface area (Å²) < 4.78 is 6.24. The van der Waals surface area contributed by atoms with Gasteiger partial charge in [-0.15, -0.1) is 0 Å². The van der Waals surface area contributed by atoms with Gasteiger partial charge in [-0.25, -0.2) is 0 Å². The quantitative estimate of drug-likeness (QED) is 0.592. The lowest BCUT2D eigenvalue weighted by Gasteiger charge is -2.09. The van der Waals surface area contributed by atoms with Crippen LogP contribution in [0.15, 0.2) is 67.3 Å². The summed E-state index contributed by atoms with van der Waals surface area (Å²) in [5.74, 6) is 1.72. The molecule has 0 aliphatic carbocycles. The Morgan fingerprint density at radius 3 is 2.52 bits per heavy atom. The Hall–Kier alpha value is -1.22. The number of hydrogen-bond donors (Lipinski definition) is 0. The molecule has 0 bridgehead atoms. The molecule has 3 heteroatoms. The van der Waals surface area contributed by atoms with E-state index in [4.69, 9.17) is 4.18 Å². The average molecular weight is 347 g/mol. The summed E-state index contributed by atoms with van der Waals surface area (Å²) in [6.45, 7) is 6.94. The summed E-state index contributed by atoms with van der Waals surface area (Å²) >= 11 is -0.0225.